The summed E-state index contributed by atoms with van der Waals surface area (Å²) in [5.41, 5.74) is 6.20. The average Bonchev–Trinajstić information content (AvgIpc) is 3.30. The van der Waals surface area contributed by atoms with Gasteiger partial charge in [-0.2, -0.15) is 5.10 Å². The predicted molar refractivity (Wildman–Crippen MR) is 129 cm³/mol. The van der Waals surface area contributed by atoms with E-state index in [9.17, 15) is 4.79 Å². The number of nitrogens with zero attached hydrogens (tertiary/aromatic N) is 4. The summed E-state index contributed by atoms with van der Waals surface area (Å²) in [5.74, 6) is -0.206. The molecule has 0 aliphatic carbocycles. The lowest BCUT2D eigenvalue weighted by molar-refractivity contribution is 0.0935. The van der Waals surface area contributed by atoms with E-state index in [0.717, 1.165) is 38.7 Å². The van der Waals surface area contributed by atoms with Crippen LogP contribution in [0.25, 0.3) is 33.2 Å². The molecular weight excluding hydrogens is 410 g/mol. The van der Waals surface area contributed by atoms with Crippen molar-refractivity contribution in [3.63, 3.8) is 0 Å². The summed E-state index contributed by atoms with van der Waals surface area (Å²) >= 11 is 0. The first kappa shape index (κ1) is 20.6. The molecule has 0 saturated carbocycles. The third-order valence-corrected chi connectivity index (χ3v) is 5.71. The number of carbonyl (C=O) groups excluding carboxylic acids is 1. The van der Waals surface area contributed by atoms with Gasteiger partial charge in [0.15, 0.2) is 0 Å². The van der Waals surface area contributed by atoms with Gasteiger partial charge in [0.25, 0.3) is 5.91 Å². The van der Waals surface area contributed by atoms with Gasteiger partial charge < -0.3 is 5.32 Å². The quantitative estimate of drug-likeness (QED) is 0.414. The van der Waals surface area contributed by atoms with Crippen molar-refractivity contribution in [1.82, 2.24) is 25.1 Å². The van der Waals surface area contributed by atoms with Crippen LogP contribution in [0.2, 0.25) is 0 Å². The predicted octanol–water partition coefficient (Wildman–Crippen LogP) is 5.19. The van der Waals surface area contributed by atoms with Crippen molar-refractivity contribution in [3.05, 3.63) is 103 Å². The second-order valence-corrected chi connectivity index (χ2v) is 8.04. The number of amides is 1. The Morgan fingerprint density at radius 2 is 1.64 bits per heavy atom. The number of aromatic nitrogens is 4. The highest BCUT2D eigenvalue weighted by Gasteiger charge is 2.15. The summed E-state index contributed by atoms with van der Waals surface area (Å²) in [7, 11) is 1.90. The molecule has 162 valence electrons. The van der Waals surface area contributed by atoms with Crippen LogP contribution >= 0.6 is 0 Å². The number of fused-ring (bicyclic) bond motifs is 1. The van der Waals surface area contributed by atoms with Crippen LogP contribution in [0, 0.1) is 0 Å². The Kier molecular flexibility index (Phi) is 5.40. The second-order valence-electron chi connectivity index (χ2n) is 8.04. The highest BCUT2D eigenvalue weighted by atomic mass is 16.1. The van der Waals surface area contributed by atoms with Gasteiger partial charge in [0.2, 0.25) is 0 Å². The van der Waals surface area contributed by atoms with Gasteiger partial charge in [-0.3, -0.25) is 14.5 Å². The zero-order chi connectivity index (χ0) is 22.8. The van der Waals surface area contributed by atoms with Gasteiger partial charge in [0, 0.05) is 42.2 Å². The van der Waals surface area contributed by atoms with Crippen molar-refractivity contribution >= 4 is 16.8 Å². The van der Waals surface area contributed by atoms with Gasteiger partial charge in [-0.15, -0.1) is 0 Å². The minimum absolute atomic E-state index is 0.117. The highest BCUT2D eigenvalue weighted by molar-refractivity contribution is 5.98. The molecule has 1 N–H and O–H groups in total. The van der Waals surface area contributed by atoms with Gasteiger partial charge in [0.1, 0.15) is 5.69 Å². The number of hydrogen-bond acceptors (Lipinski definition) is 4. The molecule has 3 aromatic heterocycles. The molecule has 6 nitrogen and oxygen atoms in total. The molecule has 0 saturated heterocycles. The average molecular weight is 434 g/mol. The summed E-state index contributed by atoms with van der Waals surface area (Å²) < 4.78 is 1.78. The van der Waals surface area contributed by atoms with E-state index in [4.69, 9.17) is 4.98 Å². The SMILES string of the molecule is C[C@H](NC(=O)c1ccc2cncc(-c3ccc(-c4cnn(C)c4)cc3)c2n1)c1ccccc1. The molecule has 6 heteroatoms. The van der Waals surface area contributed by atoms with Gasteiger partial charge in [-0.05, 0) is 35.7 Å². The molecule has 0 aliphatic rings. The Morgan fingerprint density at radius 3 is 2.36 bits per heavy atom. The van der Waals surface area contributed by atoms with E-state index in [2.05, 4.69) is 27.5 Å². The maximum atomic E-state index is 12.9. The van der Waals surface area contributed by atoms with Crippen molar-refractivity contribution in [2.45, 2.75) is 13.0 Å². The standard InChI is InChI=1S/C27H23N5O/c1-18(19-6-4-3-5-7-19)30-27(33)25-13-12-22-14-28-16-24(26(22)31-25)21-10-8-20(9-11-21)23-15-29-32(2)17-23/h3-18H,1-2H3,(H,30,33)/t18-/m0/s1. The lowest BCUT2D eigenvalue weighted by Crippen LogP contribution is -2.27. The Hall–Kier alpha value is -4.32. The number of hydrogen-bond donors (Lipinski definition) is 1. The van der Waals surface area contributed by atoms with Crippen molar-refractivity contribution < 1.29 is 4.79 Å². The molecule has 3 heterocycles. The fourth-order valence-electron chi connectivity index (χ4n) is 3.89. The van der Waals surface area contributed by atoms with E-state index < -0.39 is 0 Å². The molecule has 0 bridgehead atoms. The van der Waals surface area contributed by atoms with Crippen molar-refractivity contribution in [2.75, 3.05) is 0 Å². The van der Waals surface area contributed by atoms with Crippen LogP contribution in [0.3, 0.4) is 0 Å². The Balaban J connectivity index is 1.45. The number of nitrogens with one attached hydrogen (secondary N) is 1. The van der Waals surface area contributed by atoms with Crippen LogP contribution < -0.4 is 5.32 Å². The lowest BCUT2D eigenvalue weighted by atomic mass is 10.0. The van der Waals surface area contributed by atoms with Crippen molar-refractivity contribution in [2.24, 2.45) is 7.05 Å². The molecule has 5 rings (SSSR count). The minimum Gasteiger partial charge on any atom is -0.344 e. The van der Waals surface area contributed by atoms with E-state index in [1.807, 2.05) is 74.9 Å². The van der Waals surface area contributed by atoms with Crippen LogP contribution in [0.1, 0.15) is 29.0 Å². The van der Waals surface area contributed by atoms with Crippen molar-refractivity contribution in [3.8, 4) is 22.3 Å². The van der Waals surface area contributed by atoms with Crippen LogP contribution in [-0.2, 0) is 7.05 Å². The number of carbonyl (C=O) groups is 1. The first-order valence-electron chi connectivity index (χ1n) is 10.8. The molecular formula is C27H23N5O. The summed E-state index contributed by atoms with van der Waals surface area (Å²) in [6.45, 7) is 1.97. The van der Waals surface area contributed by atoms with E-state index in [0.29, 0.717) is 5.69 Å². The molecule has 0 radical (unpaired) electrons. The van der Waals surface area contributed by atoms with E-state index in [1.54, 1.807) is 23.1 Å². The van der Waals surface area contributed by atoms with Crippen LogP contribution in [0.5, 0.6) is 0 Å². The molecule has 2 aromatic carbocycles. The van der Waals surface area contributed by atoms with Gasteiger partial charge in [-0.25, -0.2) is 4.98 Å². The zero-order valence-corrected chi connectivity index (χ0v) is 18.4. The van der Waals surface area contributed by atoms with Crippen LogP contribution in [0.15, 0.2) is 91.5 Å². The number of aryl methyl sites for hydroxylation is 1. The summed E-state index contributed by atoms with van der Waals surface area (Å²) in [5, 5.41) is 8.16. The molecule has 33 heavy (non-hydrogen) atoms. The lowest BCUT2D eigenvalue weighted by Gasteiger charge is -2.14. The van der Waals surface area contributed by atoms with Crippen molar-refractivity contribution in [1.29, 1.82) is 0 Å². The molecule has 0 spiro atoms. The Morgan fingerprint density at radius 1 is 0.879 bits per heavy atom. The third-order valence-electron chi connectivity index (χ3n) is 5.71. The summed E-state index contributed by atoms with van der Waals surface area (Å²) in [6.07, 6.45) is 7.39. The maximum Gasteiger partial charge on any atom is 0.270 e. The van der Waals surface area contributed by atoms with Crippen LogP contribution in [0.4, 0.5) is 0 Å². The molecule has 0 aliphatic heterocycles. The Bertz CT molecular complexity index is 1420. The van der Waals surface area contributed by atoms with E-state index in [-0.39, 0.29) is 11.9 Å². The Labute approximate surface area is 192 Å². The monoisotopic (exact) mass is 433 g/mol. The largest absolute Gasteiger partial charge is 0.344 e. The van der Waals surface area contributed by atoms with Crippen LogP contribution in [-0.4, -0.2) is 25.7 Å². The molecule has 0 unspecified atom stereocenters. The highest BCUT2D eigenvalue weighted by Crippen LogP contribution is 2.29. The fraction of sp³-hybridized carbons (Fsp3) is 0.111. The first-order chi connectivity index (χ1) is 16.1. The van der Waals surface area contributed by atoms with E-state index >= 15 is 0 Å². The fourth-order valence-corrected chi connectivity index (χ4v) is 3.89. The number of rotatable bonds is 5. The third kappa shape index (κ3) is 4.23. The van der Waals surface area contributed by atoms with E-state index in [1.165, 1.54) is 0 Å². The summed E-state index contributed by atoms with van der Waals surface area (Å²) in [6, 6.07) is 21.6. The number of benzene rings is 2. The smallest absolute Gasteiger partial charge is 0.270 e. The number of pyridine rings is 2. The zero-order valence-electron chi connectivity index (χ0n) is 18.4. The van der Waals surface area contributed by atoms with Gasteiger partial charge in [-0.1, -0.05) is 54.6 Å². The first-order valence-corrected chi connectivity index (χ1v) is 10.8. The normalized spacial score (nSPS) is 11.9. The maximum absolute atomic E-state index is 12.9. The topological polar surface area (TPSA) is 72.7 Å². The van der Waals surface area contributed by atoms with Gasteiger partial charge >= 0.3 is 0 Å². The molecule has 1 atom stereocenters. The minimum atomic E-state index is -0.206. The second kappa shape index (κ2) is 8.67. The summed E-state index contributed by atoms with van der Waals surface area (Å²) in [4.78, 5) is 22.0. The van der Waals surface area contributed by atoms with Gasteiger partial charge in [0.05, 0.1) is 17.8 Å². The molecule has 1 amide bonds. The molecule has 5 aromatic rings. The molecule has 0 fully saturated rings.